The molecule has 0 aliphatic heterocycles. The quantitative estimate of drug-likeness (QED) is 0.539. The first-order chi connectivity index (χ1) is 14.6. The number of halogens is 2. The van der Waals surface area contributed by atoms with Crippen LogP contribution in [0.2, 0.25) is 5.02 Å². The van der Waals surface area contributed by atoms with E-state index in [1.54, 1.807) is 34.0 Å². The topological polar surface area (TPSA) is 91.9 Å². The molecule has 0 aliphatic rings. The normalized spacial score (nSPS) is 11.2. The summed E-state index contributed by atoms with van der Waals surface area (Å²) in [6, 6.07) is 2.62. The number of ether oxygens (including phenoxy) is 1. The van der Waals surface area contributed by atoms with E-state index in [1.807, 2.05) is 0 Å². The van der Waals surface area contributed by atoms with Crippen molar-refractivity contribution in [1.82, 2.24) is 24.8 Å². The third-order valence-corrected chi connectivity index (χ3v) is 5.12. The fraction of sp³-hybridized carbons (Fsp3) is 0.381. The monoisotopic (exact) mass is 447 g/mol. The maximum Gasteiger partial charge on any atom is 0.313 e. The van der Waals surface area contributed by atoms with E-state index in [4.69, 9.17) is 16.3 Å². The number of rotatable bonds is 6. The van der Waals surface area contributed by atoms with E-state index < -0.39 is 23.3 Å². The zero-order valence-electron chi connectivity index (χ0n) is 17.9. The van der Waals surface area contributed by atoms with E-state index in [-0.39, 0.29) is 27.6 Å². The summed E-state index contributed by atoms with van der Waals surface area (Å²) >= 11 is 6.42. The Morgan fingerprint density at radius 2 is 1.90 bits per heavy atom. The molecule has 0 amide bonds. The molecule has 0 N–H and O–H groups in total. The van der Waals surface area contributed by atoms with Gasteiger partial charge in [-0.05, 0) is 37.5 Å². The fourth-order valence-electron chi connectivity index (χ4n) is 3.18. The summed E-state index contributed by atoms with van der Waals surface area (Å²) < 4.78 is 21.7. The highest BCUT2D eigenvalue weighted by molar-refractivity contribution is 6.31. The molecule has 2 heterocycles. The highest BCUT2D eigenvalue weighted by Crippen LogP contribution is 2.37. The maximum atomic E-state index is 15.2. The van der Waals surface area contributed by atoms with Crippen molar-refractivity contribution >= 4 is 17.6 Å². The van der Waals surface area contributed by atoms with Gasteiger partial charge in [0.2, 0.25) is 0 Å². The Labute approximate surface area is 183 Å². The van der Waals surface area contributed by atoms with Gasteiger partial charge in [-0.1, -0.05) is 25.4 Å². The van der Waals surface area contributed by atoms with Crippen LogP contribution < -0.4 is 10.3 Å². The SMILES string of the molecule is Cc1nn(C)c(=O)c(-c2c(F)ccc(Cl)c2CCc2cnn(C)n2)c1OC(=O)C(C)C. The Morgan fingerprint density at radius 3 is 2.52 bits per heavy atom. The molecule has 0 fully saturated rings. The minimum absolute atomic E-state index is 0.00551. The molecule has 3 aromatic rings. The van der Waals surface area contributed by atoms with Gasteiger partial charge in [-0.25, -0.2) is 9.07 Å². The van der Waals surface area contributed by atoms with Crippen LogP contribution in [0.1, 0.15) is 30.8 Å². The number of esters is 1. The lowest BCUT2D eigenvalue weighted by Crippen LogP contribution is -2.26. The van der Waals surface area contributed by atoms with E-state index in [1.165, 1.54) is 24.0 Å². The number of hydrogen-bond acceptors (Lipinski definition) is 6. The van der Waals surface area contributed by atoms with Crippen LogP contribution >= 0.6 is 11.6 Å². The summed E-state index contributed by atoms with van der Waals surface area (Å²) in [5.74, 6) is -1.72. The molecule has 0 saturated heterocycles. The summed E-state index contributed by atoms with van der Waals surface area (Å²) in [6.07, 6.45) is 2.33. The smallest absolute Gasteiger partial charge is 0.313 e. The van der Waals surface area contributed by atoms with E-state index in [9.17, 15) is 9.59 Å². The first-order valence-corrected chi connectivity index (χ1v) is 10.1. The van der Waals surface area contributed by atoms with Gasteiger partial charge in [0.1, 0.15) is 11.5 Å². The highest BCUT2D eigenvalue weighted by atomic mass is 35.5. The Morgan fingerprint density at radius 1 is 1.19 bits per heavy atom. The Hall–Kier alpha value is -3.07. The van der Waals surface area contributed by atoms with Gasteiger partial charge < -0.3 is 4.74 Å². The van der Waals surface area contributed by atoms with Gasteiger partial charge in [0.25, 0.3) is 5.56 Å². The van der Waals surface area contributed by atoms with Gasteiger partial charge in [-0.3, -0.25) is 9.59 Å². The zero-order valence-corrected chi connectivity index (χ0v) is 18.7. The third-order valence-electron chi connectivity index (χ3n) is 4.77. The van der Waals surface area contributed by atoms with Gasteiger partial charge in [-0.15, -0.1) is 0 Å². The molecule has 0 spiro atoms. The van der Waals surface area contributed by atoms with Gasteiger partial charge >= 0.3 is 5.97 Å². The predicted octanol–water partition coefficient (Wildman–Crippen LogP) is 3.02. The van der Waals surface area contributed by atoms with Crippen molar-refractivity contribution in [2.75, 3.05) is 0 Å². The van der Waals surface area contributed by atoms with Crippen molar-refractivity contribution in [3.05, 3.63) is 56.5 Å². The van der Waals surface area contributed by atoms with E-state index in [0.29, 0.717) is 24.1 Å². The van der Waals surface area contributed by atoms with Gasteiger partial charge in [0.05, 0.1) is 23.4 Å². The number of benzene rings is 1. The van der Waals surface area contributed by atoms with Crippen LogP contribution in [0.3, 0.4) is 0 Å². The lowest BCUT2D eigenvalue weighted by Gasteiger charge is -2.18. The molecule has 8 nitrogen and oxygen atoms in total. The lowest BCUT2D eigenvalue weighted by atomic mass is 9.95. The average Bonchev–Trinajstić information content (AvgIpc) is 3.12. The minimum Gasteiger partial charge on any atom is -0.423 e. The Bertz CT molecular complexity index is 1200. The molecule has 164 valence electrons. The minimum atomic E-state index is -0.650. The second kappa shape index (κ2) is 8.97. The largest absolute Gasteiger partial charge is 0.423 e. The molecule has 0 atom stereocenters. The number of aryl methyl sites for hydroxylation is 4. The van der Waals surface area contributed by atoms with Crippen molar-refractivity contribution in [1.29, 1.82) is 0 Å². The molecule has 0 unspecified atom stereocenters. The molecule has 31 heavy (non-hydrogen) atoms. The summed E-state index contributed by atoms with van der Waals surface area (Å²) in [4.78, 5) is 26.8. The van der Waals surface area contributed by atoms with Gasteiger partial charge in [0, 0.05) is 24.7 Å². The summed E-state index contributed by atoms with van der Waals surface area (Å²) in [6.45, 7) is 4.92. The van der Waals surface area contributed by atoms with Gasteiger partial charge in [0.15, 0.2) is 5.75 Å². The van der Waals surface area contributed by atoms with Crippen LogP contribution in [0.15, 0.2) is 23.1 Å². The van der Waals surface area contributed by atoms with E-state index >= 15 is 4.39 Å². The summed E-state index contributed by atoms with van der Waals surface area (Å²) in [5.41, 5.74) is 0.701. The molecule has 0 saturated carbocycles. The average molecular weight is 448 g/mol. The molecule has 0 bridgehead atoms. The van der Waals surface area contributed by atoms with Crippen molar-refractivity contribution in [2.24, 2.45) is 20.0 Å². The van der Waals surface area contributed by atoms with E-state index in [2.05, 4.69) is 15.3 Å². The molecule has 3 rings (SSSR count). The molecule has 0 radical (unpaired) electrons. The van der Waals surface area contributed by atoms with Crippen molar-refractivity contribution in [3.8, 4) is 16.9 Å². The molecule has 1 aromatic carbocycles. The van der Waals surface area contributed by atoms with Crippen LogP contribution in [-0.2, 0) is 31.7 Å². The van der Waals surface area contributed by atoms with Crippen LogP contribution in [0.5, 0.6) is 5.75 Å². The second-order valence-corrected chi connectivity index (χ2v) is 7.91. The lowest BCUT2D eigenvalue weighted by molar-refractivity contribution is -0.137. The molecule has 0 aliphatic carbocycles. The fourth-order valence-corrected chi connectivity index (χ4v) is 3.44. The first-order valence-electron chi connectivity index (χ1n) is 9.72. The summed E-state index contributed by atoms with van der Waals surface area (Å²) in [5, 5.41) is 12.6. The number of aromatic nitrogens is 5. The summed E-state index contributed by atoms with van der Waals surface area (Å²) in [7, 11) is 3.15. The third kappa shape index (κ3) is 4.66. The number of carbonyl (C=O) groups is 1. The van der Waals surface area contributed by atoms with Crippen LogP contribution in [0, 0.1) is 18.7 Å². The predicted molar refractivity (Wildman–Crippen MR) is 114 cm³/mol. The van der Waals surface area contributed by atoms with Crippen molar-refractivity contribution in [3.63, 3.8) is 0 Å². The molecular weight excluding hydrogens is 425 g/mol. The number of nitrogens with zero attached hydrogens (tertiary/aromatic N) is 5. The van der Waals surface area contributed by atoms with Crippen LogP contribution in [-0.4, -0.2) is 30.7 Å². The van der Waals surface area contributed by atoms with E-state index in [0.717, 1.165) is 4.68 Å². The standard InChI is InChI=1S/C21H23ClFN5O3/c1-11(2)21(30)31-19-12(3)25-27(4)20(29)18(19)17-14(15(22)8-9-16(17)23)7-6-13-10-24-28(5)26-13/h8-11H,6-7H2,1-5H3. The molecule has 2 aromatic heterocycles. The van der Waals surface area contributed by atoms with Crippen molar-refractivity contribution in [2.45, 2.75) is 33.6 Å². The number of carbonyl (C=O) groups excluding carboxylic acids is 1. The molecular formula is C21H23ClFN5O3. The highest BCUT2D eigenvalue weighted by Gasteiger charge is 2.26. The van der Waals surface area contributed by atoms with Crippen molar-refractivity contribution < 1.29 is 13.9 Å². The zero-order chi connectivity index (χ0) is 22.9. The maximum absolute atomic E-state index is 15.2. The second-order valence-electron chi connectivity index (χ2n) is 7.50. The van der Waals surface area contributed by atoms with Gasteiger partial charge in [-0.2, -0.15) is 20.1 Å². The van der Waals surface area contributed by atoms with Crippen LogP contribution in [0.4, 0.5) is 4.39 Å². The first kappa shape index (κ1) is 22.6. The number of hydrogen-bond donors (Lipinski definition) is 0. The Balaban J connectivity index is 2.21. The van der Waals surface area contributed by atoms with Crippen LogP contribution in [0.25, 0.3) is 11.1 Å². The molecule has 10 heteroatoms. The Kier molecular flexibility index (Phi) is 6.54.